The molecule has 1 aromatic heterocycles. The number of hydrogen-bond acceptors (Lipinski definition) is 9. The van der Waals surface area contributed by atoms with Crippen molar-refractivity contribution in [2.24, 2.45) is 0 Å². The van der Waals surface area contributed by atoms with Gasteiger partial charge in [-0.15, -0.1) is 0 Å². The Kier molecular flexibility index (Phi) is 8.32. The van der Waals surface area contributed by atoms with Crippen molar-refractivity contribution < 1.29 is 33.3 Å². The quantitative estimate of drug-likeness (QED) is 0.349. The lowest BCUT2D eigenvalue weighted by Crippen LogP contribution is -2.23. The van der Waals surface area contributed by atoms with Gasteiger partial charge in [0.2, 0.25) is 11.6 Å². The number of benzene rings is 2. The van der Waals surface area contributed by atoms with E-state index in [1.165, 1.54) is 48.5 Å². The minimum atomic E-state index is -0.692. The molecule has 4 amide bonds. The zero-order chi connectivity index (χ0) is 25.2. The van der Waals surface area contributed by atoms with E-state index in [0.717, 1.165) is 0 Å². The van der Waals surface area contributed by atoms with Gasteiger partial charge in [0.1, 0.15) is 0 Å². The van der Waals surface area contributed by atoms with Crippen LogP contribution in [0.5, 0.6) is 0 Å². The van der Waals surface area contributed by atoms with Gasteiger partial charge in [0.25, 0.3) is 0 Å². The molecule has 2 aromatic carbocycles. The van der Waals surface area contributed by atoms with Crippen molar-refractivity contribution in [2.75, 3.05) is 34.5 Å². The molecule has 3 aromatic rings. The largest absolute Gasteiger partial charge is 0.462 e. The van der Waals surface area contributed by atoms with E-state index in [9.17, 15) is 19.2 Å². The second kappa shape index (κ2) is 11.8. The lowest BCUT2D eigenvalue weighted by molar-refractivity contribution is 0.0517. The Morgan fingerprint density at radius 3 is 1.37 bits per heavy atom. The normalized spacial score (nSPS) is 10.1. The van der Waals surface area contributed by atoms with Crippen molar-refractivity contribution in [3.8, 4) is 0 Å². The van der Waals surface area contributed by atoms with Crippen molar-refractivity contribution >= 4 is 47.0 Å². The summed E-state index contributed by atoms with van der Waals surface area (Å²) in [5, 5.41) is 17.0. The SMILES string of the molecule is CCOC(=O)c1ccc(NC(=O)Nc2nonc2NC(=O)Nc2ccc(C(=O)OCC)cc2)cc1. The van der Waals surface area contributed by atoms with Crippen LogP contribution in [0.1, 0.15) is 34.6 Å². The second-order valence-corrected chi connectivity index (χ2v) is 6.72. The second-order valence-electron chi connectivity index (χ2n) is 6.72. The van der Waals surface area contributed by atoms with Crippen LogP contribution in [0.15, 0.2) is 53.2 Å². The van der Waals surface area contributed by atoms with Gasteiger partial charge in [0.15, 0.2) is 0 Å². The maximum atomic E-state index is 12.3. The highest BCUT2D eigenvalue weighted by molar-refractivity contribution is 6.04. The van der Waals surface area contributed by atoms with Gasteiger partial charge in [-0.3, -0.25) is 10.6 Å². The molecule has 0 fully saturated rings. The first-order valence-corrected chi connectivity index (χ1v) is 10.4. The Hall–Kier alpha value is -4.94. The number of nitrogens with one attached hydrogen (secondary N) is 4. The van der Waals surface area contributed by atoms with Crippen molar-refractivity contribution in [3.63, 3.8) is 0 Å². The summed E-state index contributed by atoms with van der Waals surface area (Å²) in [6, 6.07) is 10.7. The van der Waals surface area contributed by atoms with Gasteiger partial charge in [-0.05, 0) is 72.7 Å². The van der Waals surface area contributed by atoms with Gasteiger partial charge in [-0.2, -0.15) is 0 Å². The van der Waals surface area contributed by atoms with E-state index < -0.39 is 24.0 Å². The highest BCUT2D eigenvalue weighted by atomic mass is 16.6. The molecule has 0 aliphatic carbocycles. The number of esters is 2. The molecular formula is C22H22N6O7. The van der Waals surface area contributed by atoms with Gasteiger partial charge in [0.05, 0.1) is 24.3 Å². The molecule has 0 unspecified atom stereocenters. The smallest absolute Gasteiger partial charge is 0.338 e. The summed E-state index contributed by atoms with van der Waals surface area (Å²) >= 11 is 0. The number of hydrogen-bond donors (Lipinski definition) is 4. The maximum absolute atomic E-state index is 12.3. The summed E-state index contributed by atoms with van der Waals surface area (Å²) in [6.07, 6.45) is 0. The van der Waals surface area contributed by atoms with Gasteiger partial charge in [0, 0.05) is 11.4 Å². The molecule has 0 saturated carbocycles. The van der Waals surface area contributed by atoms with Gasteiger partial charge in [-0.1, -0.05) is 0 Å². The van der Waals surface area contributed by atoms with Crippen molar-refractivity contribution in [3.05, 3.63) is 59.7 Å². The van der Waals surface area contributed by atoms with Crippen molar-refractivity contribution in [1.29, 1.82) is 0 Å². The molecule has 3 rings (SSSR count). The molecule has 0 bridgehead atoms. The first-order valence-electron chi connectivity index (χ1n) is 10.4. The zero-order valence-electron chi connectivity index (χ0n) is 18.8. The standard InChI is InChI=1S/C22H22N6O7/c1-3-33-19(29)13-5-9-15(10-6-13)23-21(31)25-17-18(28-35-27-17)26-22(32)24-16-11-7-14(8-12-16)20(30)34-4-2/h5-12H,3-4H2,1-2H3,(H2,23,25,27,31)(H2,24,26,28,32). The van der Waals surface area contributed by atoms with E-state index >= 15 is 0 Å². The van der Waals surface area contributed by atoms with Crippen molar-refractivity contribution in [1.82, 2.24) is 10.3 Å². The molecule has 0 spiro atoms. The van der Waals surface area contributed by atoms with E-state index in [1.807, 2.05) is 0 Å². The Morgan fingerprint density at radius 2 is 1.03 bits per heavy atom. The molecule has 35 heavy (non-hydrogen) atoms. The molecule has 0 saturated heterocycles. The number of ether oxygens (including phenoxy) is 2. The van der Waals surface area contributed by atoms with Crippen LogP contribution in [0, 0.1) is 0 Å². The first-order chi connectivity index (χ1) is 16.9. The molecule has 13 nitrogen and oxygen atoms in total. The third kappa shape index (κ3) is 7.02. The van der Waals surface area contributed by atoms with Gasteiger partial charge >= 0.3 is 24.0 Å². The van der Waals surface area contributed by atoms with Gasteiger partial charge < -0.3 is 20.1 Å². The number of rotatable bonds is 8. The summed E-state index contributed by atoms with van der Waals surface area (Å²) in [6.45, 7) is 3.91. The fourth-order valence-electron chi connectivity index (χ4n) is 2.70. The van der Waals surface area contributed by atoms with Crippen LogP contribution in [0.2, 0.25) is 0 Å². The summed E-state index contributed by atoms with van der Waals surface area (Å²) < 4.78 is 14.4. The van der Waals surface area contributed by atoms with E-state index in [1.54, 1.807) is 13.8 Å². The highest BCUT2D eigenvalue weighted by Crippen LogP contribution is 2.18. The van der Waals surface area contributed by atoms with Crippen LogP contribution >= 0.6 is 0 Å². The maximum Gasteiger partial charge on any atom is 0.338 e. The van der Waals surface area contributed by atoms with Gasteiger partial charge in [-0.25, -0.2) is 23.8 Å². The molecular weight excluding hydrogens is 460 g/mol. The van der Waals surface area contributed by atoms with Crippen LogP contribution < -0.4 is 21.3 Å². The molecule has 0 aliphatic heterocycles. The summed E-state index contributed by atoms with van der Waals surface area (Å²) in [4.78, 5) is 47.9. The molecule has 182 valence electrons. The number of nitrogens with zero attached hydrogens (tertiary/aromatic N) is 2. The van der Waals surface area contributed by atoms with Crippen LogP contribution in [0.3, 0.4) is 0 Å². The molecule has 0 aliphatic rings. The Balaban J connectivity index is 1.53. The number of anilines is 4. The zero-order valence-corrected chi connectivity index (χ0v) is 18.8. The Labute approximate surface area is 199 Å². The minimum absolute atomic E-state index is 0.140. The molecule has 1 heterocycles. The van der Waals surface area contributed by atoms with E-state index in [4.69, 9.17) is 9.47 Å². The topological polar surface area (TPSA) is 174 Å². The average molecular weight is 482 g/mol. The fraction of sp³-hybridized carbons (Fsp3) is 0.182. The monoisotopic (exact) mass is 482 g/mol. The lowest BCUT2D eigenvalue weighted by Gasteiger charge is -2.09. The predicted octanol–water partition coefficient (Wildman–Crippen LogP) is 3.71. The summed E-state index contributed by atoms with van der Waals surface area (Å²) in [5.74, 6) is -1.22. The van der Waals surface area contributed by atoms with E-state index in [2.05, 4.69) is 36.2 Å². The number of aromatic nitrogens is 2. The Bertz CT molecular complexity index is 1100. The third-order valence-electron chi connectivity index (χ3n) is 4.26. The predicted molar refractivity (Wildman–Crippen MR) is 124 cm³/mol. The fourth-order valence-corrected chi connectivity index (χ4v) is 2.70. The highest BCUT2D eigenvalue weighted by Gasteiger charge is 2.16. The van der Waals surface area contributed by atoms with Crippen LogP contribution in [-0.4, -0.2) is 47.5 Å². The number of amides is 4. The number of carbonyl (C=O) groups is 4. The summed E-state index contributed by atoms with van der Waals surface area (Å²) in [7, 11) is 0. The summed E-state index contributed by atoms with van der Waals surface area (Å²) in [5.41, 5.74) is 1.47. The van der Waals surface area contributed by atoms with E-state index in [0.29, 0.717) is 22.5 Å². The average Bonchev–Trinajstić information content (AvgIpc) is 3.26. The third-order valence-corrected chi connectivity index (χ3v) is 4.26. The molecule has 0 radical (unpaired) electrons. The van der Waals surface area contributed by atoms with Crippen LogP contribution in [-0.2, 0) is 9.47 Å². The molecule has 13 heteroatoms. The Morgan fingerprint density at radius 1 is 0.657 bits per heavy atom. The first kappa shape index (κ1) is 24.7. The van der Waals surface area contributed by atoms with Crippen molar-refractivity contribution in [2.45, 2.75) is 13.8 Å². The van der Waals surface area contributed by atoms with Crippen LogP contribution in [0.4, 0.5) is 32.6 Å². The molecule has 0 atom stereocenters. The lowest BCUT2D eigenvalue weighted by atomic mass is 10.2. The van der Waals surface area contributed by atoms with Crippen LogP contribution in [0.25, 0.3) is 0 Å². The van der Waals surface area contributed by atoms with E-state index in [-0.39, 0.29) is 24.8 Å². The number of carbonyl (C=O) groups excluding carboxylic acids is 4. The molecule has 4 N–H and O–H groups in total. The number of urea groups is 2. The minimum Gasteiger partial charge on any atom is -0.462 e.